The minimum Gasteiger partial charge on any atom is -0.241 e. The van der Waals surface area contributed by atoms with Gasteiger partial charge in [-0.3, -0.25) is 0 Å². The number of sulfonamides is 1. The number of thiazole rings is 1. The third-order valence-electron chi connectivity index (χ3n) is 3.93. The first-order valence-corrected chi connectivity index (χ1v) is 10.4. The Morgan fingerprint density at radius 1 is 1.12 bits per heavy atom. The van der Waals surface area contributed by atoms with Gasteiger partial charge in [0.05, 0.1) is 10.6 Å². The van der Waals surface area contributed by atoms with Gasteiger partial charge in [-0.1, -0.05) is 12.1 Å². The molecule has 0 aliphatic rings. The lowest BCUT2D eigenvalue weighted by Gasteiger charge is -2.07. The summed E-state index contributed by atoms with van der Waals surface area (Å²) in [6.45, 7) is 4.05. The molecule has 0 aliphatic heterocycles. The third kappa shape index (κ3) is 4.35. The van der Waals surface area contributed by atoms with E-state index in [4.69, 9.17) is 0 Å². The SMILES string of the molecule is Cc1cccc(S(=O)(=O)NCCc2sc(-c3ccc(F)cc3)nc2C)c1. The van der Waals surface area contributed by atoms with Crippen LogP contribution < -0.4 is 4.72 Å². The van der Waals surface area contributed by atoms with Gasteiger partial charge in [-0.15, -0.1) is 11.3 Å². The molecule has 0 saturated carbocycles. The van der Waals surface area contributed by atoms with Crippen molar-refractivity contribution >= 4 is 21.4 Å². The lowest BCUT2D eigenvalue weighted by atomic mass is 10.2. The Labute approximate surface area is 156 Å². The first kappa shape index (κ1) is 18.7. The highest BCUT2D eigenvalue weighted by atomic mass is 32.2. The number of hydrogen-bond acceptors (Lipinski definition) is 4. The van der Waals surface area contributed by atoms with Crippen molar-refractivity contribution in [1.82, 2.24) is 9.71 Å². The molecule has 0 unspecified atom stereocenters. The van der Waals surface area contributed by atoms with Crippen LogP contribution >= 0.6 is 11.3 Å². The van der Waals surface area contributed by atoms with Crippen LogP contribution in [0.1, 0.15) is 16.1 Å². The Hall–Kier alpha value is -2.09. The molecule has 3 aromatic rings. The van der Waals surface area contributed by atoms with Crippen LogP contribution in [-0.2, 0) is 16.4 Å². The first-order valence-electron chi connectivity index (χ1n) is 8.14. The van der Waals surface area contributed by atoms with Crippen molar-refractivity contribution in [3.63, 3.8) is 0 Å². The van der Waals surface area contributed by atoms with E-state index < -0.39 is 10.0 Å². The molecule has 0 atom stereocenters. The minimum absolute atomic E-state index is 0.269. The predicted molar refractivity (Wildman–Crippen MR) is 102 cm³/mol. The number of halogens is 1. The van der Waals surface area contributed by atoms with E-state index in [1.54, 1.807) is 30.3 Å². The highest BCUT2D eigenvalue weighted by molar-refractivity contribution is 7.89. The van der Waals surface area contributed by atoms with Crippen LogP contribution in [0.3, 0.4) is 0 Å². The van der Waals surface area contributed by atoms with Crippen LogP contribution in [0.15, 0.2) is 53.4 Å². The van der Waals surface area contributed by atoms with Crippen molar-refractivity contribution < 1.29 is 12.8 Å². The molecule has 0 saturated heterocycles. The molecule has 0 bridgehead atoms. The van der Waals surface area contributed by atoms with Crippen molar-refractivity contribution in [3.8, 4) is 10.6 Å². The Balaban J connectivity index is 1.68. The molecule has 7 heteroatoms. The topological polar surface area (TPSA) is 59.1 Å². The van der Waals surface area contributed by atoms with Crippen LogP contribution in [0.4, 0.5) is 4.39 Å². The van der Waals surface area contributed by atoms with Gasteiger partial charge in [0.25, 0.3) is 0 Å². The van der Waals surface area contributed by atoms with Crippen LogP contribution in [0.2, 0.25) is 0 Å². The molecule has 3 rings (SSSR count). The van der Waals surface area contributed by atoms with Crippen LogP contribution in [-0.4, -0.2) is 19.9 Å². The average Bonchev–Trinajstić information content (AvgIpc) is 2.96. The Kier molecular flexibility index (Phi) is 5.50. The largest absolute Gasteiger partial charge is 0.241 e. The predicted octanol–water partition coefficient (Wildman–Crippen LogP) is 4.09. The van der Waals surface area contributed by atoms with Crippen molar-refractivity contribution in [2.24, 2.45) is 0 Å². The highest BCUT2D eigenvalue weighted by Gasteiger charge is 2.15. The van der Waals surface area contributed by atoms with E-state index in [2.05, 4.69) is 9.71 Å². The summed E-state index contributed by atoms with van der Waals surface area (Å²) in [6.07, 6.45) is 0.551. The maximum absolute atomic E-state index is 13.0. The molecule has 1 heterocycles. The summed E-state index contributed by atoms with van der Waals surface area (Å²) in [4.78, 5) is 5.79. The third-order valence-corrected chi connectivity index (χ3v) is 6.65. The standard InChI is InChI=1S/C19H19FN2O2S2/c1-13-4-3-5-17(12-13)26(23,24)21-11-10-18-14(2)22-19(25-18)15-6-8-16(20)9-7-15/h3-9,12,21H,10-11H2,1-2H3. The van der Waals surface area contributed by atoms with Gasteiger partial charge in [-0.05, 0) is 62.2 Å². The second kappa shape index (κ2) is 7.65. The molecule has 2 aromatic carbocycles. The molecule has 4 nitrogen and oxygen atoms in total. The normalized spacial score (nSPS) is 11.7. The number of benzene rings is 2. The fourth-order valence-corrected chi connectivity index (χ4v) is 4.74. The second-order valence-electron chi connectivity index (χ2n) is 6.00. The summed E-state index contributed by atoms with van der Waals surface area (Å²) in [5.74, 6) is -0.284. The molecule has 0 radical (unpaired) electrons. The zero-order valence-electron chi connectivity index (χ0n) is 14.5. The van der Waals surface area contributed by atoms with Gasteiger partial charge in [0, 0.05) is 17.0 Å². The maximum atomic E-state index is 13.0. The number of aryl methyl sites for hydroxylation is 2. The summed E-state index contributed by atoms with van der Waals surface area (Å²) in [5, 5.41) is 0.805. The van der Waals surface area contributed by atoms with Crippen LogP contribution in [0, 0.1) is 19.7 Å². The van der Waals surface area contributed by atoms with Gasteiger partial charge in [0.1, 0.15) is 10.8 Å². The molecule has 136 valence electrons. The smallest absolute Gasteiger partial charge is 0.240 e. The second-order valence-corrected chi connectivity index (χ2v) is 8.85. The summed E-state index contributed by atoms with van der Waals surface area (Å²) in [7, 11) is -3.52. The Morgan fingerprint density at radius 3 is 2.54 bits per heavy atom. The zero-order valence-corrected chi connectivity index (χ0v) is 16.1. The lowest BCUT2D eigenvalue weighted by Crippen LogP contribution is -2.26. The van der Waals surface area contributed by atoms with Crippen molar-refractivity contribution in [2.45, 2.75) is 25.2 Å². The number of nitrogens with zero attached hydrogens (tertiary/aromatic N) is 1. The van der Waals surface area contributed by atoms with Gasteiger partial charge >= 0.3 is 0 Å². The number of rotatable bonds is 6. The molecule has 0 aliphatic carbocycles. The summed E-state index contributed by atoms with van der Waals surface area (Å²) < 4.78 is 40.4. The van der Waals surface area contributed by atoms with Crippen LogP contribution in [0.5, 0.6) is 0 Å². The molecule has 0 spiro atoms. The van der Waals surface area contributed by atoms with E-state index in [1.165, 1.54) is 23.5 Å². The Bertz CT molecular complexity index is 1010. The van der Waals surface area contributed by atoms with E-state index in [1.807, 2.05) is 19.9 Å². The molecule has 0 fully saturated rings. The van der Waals surface area contributed by atoms with Crippen molar-refractivity contribution in [2.75, 3.05) is 6.54 Å². The van der Waals surface area contributed by atoms with Gasteiger partial charge < -0.3 is 0 Å². The summed E-state index contributed by atoms with van der Waals surface area (Å²) >= 11 is 1.50. The maximum Gasteiger partial charge on any atom is 0.240 e. The number of nitrogens with one attached hydrogen (secondary N) is 1. The first-order chi connectivity index (χ1) is 12.3. The average molecular weight is 391 g/mol. The molecular formula is C19H19FN2O2S2. The van der Waals surface area contributed by atoms with Gasteiger partial charge in [-0.25, -0.2) is 22.5 Å². The van der Waals surface area contributed by atoms with Crippen molar-refractivity contribution in [3.05, 3.63) is 70.5 Å². The summed E-state index contributed by atoms with van der Waals surface area (Å²) in [6, 6.07) is 13.0. The fraction of sp³-hybridized carbons (Fsp3) is 0.211. The monoisotopic (exact) mass is 390 g/mol. The lowest BCUT2D eigenvalue weighted by molar-refractivity contribution is 0.581. The van der Waals surface area contributed by atoms with Crippen molar-refractivity contribution in [1.29, 1.82) is 0 Å². The molecule has 0 amide bonds. The van der Waals surface area contributed by atoms with Gasteiger partial charge in [-0.2, -0.15) is 0 Å². The molecule has 26 heavy (non-hydrogen) atoms. The van der Waals surface area contributed by atoms with E-state index in [0.717, 1.165) is 26.7 Å². The van der Waals surface area contributed by atoms with Gasteiger partial charge in [0.2, 0.25) is 10.0 Å². The molecular weight excluding hydrogens is 371 g/mol. The highest BCUT2D eigenvalue weighted by Crippen LogP contribution is 2.28. The quantitative estimate of drug-likeness (QED) is 0.690. The number of hydrogen-bond donors (Lipinski definition) is 1. The van der Waals surface area contributed by atoms with E-state index >= 15 is 0 Å². The fourth-order valence-electron chi connectivity index (χ4n) is 2.54. The van der Waals surface area contributed by atoms with E-state index in [0.29, 0.717) is 13.0 Å². The Morgan fingerprint density at radius 2 is 1.85 bits per heavy atom. The van der Waals surface area contributed by atoms with E-state index in [9.17, 15) is 12.8 Å². The van der Waals surface area contributed by atoms with Crippen LogP contribution in [0.25, 0.3) is 10.6 Å². The molecule has 1 aromatic heterocycles. The zero-order chi connectivity index (χ0) is 18.7. The minimum atomic E-state index is -3.52. The summed E-state index contributed by atoms with van der Waals surface area (Å²) in [5.41, 5.74) is 2.62. The van der Waals surface area contributed by atoms with Gasteiger partial charge in [0.15, 0.2) is 0 Å². The van der Waals surface area contributed by atoms with E-state index in [-0.39, 0.29) is 10.7 Å². The molecule has 1 N–H and O–H groups in total. The number of aromatic nitrogens is 1.